The average molecular weight is 434 g/mol. The summed E-state index contributed by atoms with van der Waals surface area (Å²) >= 11 is 0. The lowest BCUT2D eigenvalue weighted by atomic mass is 9.88. The second-order valence-electron chi connectivity index (χ2n) is 7.55. The maximum absolute atomic E-state index is 13.7. The lowest BCUT2D eigenvalue weighted by Crippen LogP contribution is -2.37. The second-order valence-corrected chi connectivity index (χ2v) is 7.55. The number of carbonyl (C=O) groups is 1. The monoisotopic (exact) mass is 433 g/mol. The molecule has 166 valence electrons. The van der Waals surface area contributed by atoms with Gasteiger partial charge < -0.3 is 23.8 Å². The Kier molecular flexibility index (Phi) is 6.21. The minimum absolute atomic E-state index is 0.0270. The number of benzene rings is 3. The molecule has 0 unspecified atom stereocenters. The largest absolute Gasteiger partial charge is 0.493 e. The van der Waals surface area contributed by atoms with Crippen molar-refractivity contribution < 1.29 is 23.7 Å². The van der Waals surface area contributed by atoms with E-state index in [2.05, 4.69) is 0 Å². The number of amides is 1. The zero-order valence-electron chi connectivity index (χ0n) is 18.8. The van der Waals surface area contributed by atoms with E-state index < -0.39 is 0 Å². The van der Waals surface area contributed by atoms with Crippen molar-refractivity contribution in [2.45, 2.75) is 13.0 Å². The first-order valence-corrected chi connectivity index (χ1v) is 10.4. The Morgan fingerprint density at radius 2 is 1.50 bits per heavy atom. The van der Waals surface area contributed by atoms with Gasteiger partial charge in [-0.2, -0.15) is 0 Å². The molecule has 3 aromatic carbocycles. The van der Waals surface area contributed by atoms with E-state index in [4.69, 9.17) is 18.9 Å². The van der Waals surface area contributed by atoms with Crippen molar-refractivity contribution in [3.8, 4) is 34.1 Å². The third-order valence-corrected chi connectivity index (χ3v) is 5.79. The molecule has 32 heavy (non-hydrogen) atoms. The first-order chi connectivity index (χ1) is 15.6. The number of methoxy groups -OCH3 is 4. The van der Waals surface area contributed by atoms with Crippen LogP contribution in [0.25, 0.3) is 11.1 Å². The molecule has 0 bridgehead atoms. The van der Waals surface area contributed by atoms with Crippen molar-refractivity contribution in [2.24, 2.45) is 0 Å². The zero-order valence-corrected chi connectivity index (χ0v) is 18.8. The fourth-order valence-electron chi connectivity index (χ4n) is 4.23. The van der Waals surface area contributed by atoms with Gasteiger partial charge in [-0.25, -0.2) is 0 Å². The Hall–Kier alpha value is -3.67. The molecule has 0 saturated carbocycles. The SMILES string of the molecule is COc1ccc(-c2c(OC)c(OC)cc3c2C(=O)N(Cc2ccccc2)CC3)cc1OC. The normalized spacial score (nSPS) is 12.9. The molecule has 6 heteroatoms. The number of fused-ring (bicyclic) bond motifs is 1. The number of carbonyl (C=O) groups excluding carboxylic acids is 1. The highest BCUT2D eigenvalue weighted by molar-refractivity contribution is 6.05. The molecule has 0 aromatic heterocycles. The molecule has 0 radical (unpaired) electrons. The van der Waals surface area contributed by atoms with Crippen LogP contribution in [0.15, 0.2) is 54.6 Å². The van der Waals surface area contributed by atoms with Crippen molar-refractivity contribution in [1.82, 2.24) is 4.90 Å². The first-order valence-electron chi connectivity index (χ1n) is 10.4. The summed E-state index contributed by atoms with van der Waals surface area (Å²) in [5, 5.41) is 0. The number of hydrogen-bond acceptors (Lipinski definition) is 5. The van der Waals surface area contributed by atoms with Crippen molar-refractivity contribution in [3.05, 3.63) is 71.3 Å². The molecule has 0 N–H and O–H groups in total. The molecule has 4 rings (SSSR count). The van der Waals surface area contributed by atoms with Gasteiger partial charge in [-0.1, -0.05) is 36.4 Å². The van der Waals surface area contributed by atoms with E-state index >= 15 is 0 Å². The van der Waals surface area contributed by atoms with Crippen LogP contribution in [0.2, 0.25) is 0 Å². The van der Waals surface area contributed by atoms with Crippen LogP contribution in [-0.2, 0) is 13.0 Å². The molecule has 1 amide bonds. The van der Waals surface area contributed by atoms with Gasteiger partial charge in [-0.05, 0) is 41.3 Å². The van der Waals surface area contributed by atoms with Crippen LogP contribution >= 0.6 is 0 Å². The first kappa shape index (κ1) is 21.6. The summed E-state index contributed by atoms with van der Waals surface area (Å²) in [4.78, 5) is 15.6. The molecule has 0 fully saturated rings. The molecule has 0 saturated heterocycles. The lowest BCUT2D eigenvalue weighted by Gasteiger charge is -2.31. The highest BCUT2D eigenvalue weighted by Crippen LogP contribution is 2.46. The van der Waals surface area contributed by atoms with E-state index in [1.54, 1.807) is 28.4 Å². The summed E-state index contributed by atoms with van der Waals surface area (Å²) < 4.78 is 22.3. The Bertz CT molecular complexity index is 1130. The molecule has 1 heterocycles. The van der Waals surface area contributed by atoms with Crippen LogP contribution in [-0.4, -0.2) is 45.8 Å². The van der Waals surface area contributed by atoms with E-state index in [9.17, 15) is 4.79 Å². The second kappa shape index (κ2) is 9.22. The van der Waals surface area contributed by atoms with Crippen molar-refractivity contribution >= 4 is 5.91 Å². The van der Waals surface area contributed by atoms with Gasteiger partial charge in [-0.15, -0.1) is 0 Å². The van der Waals surface area contributed by atoms with Crippen molar-refractivity contribution in [2.75, 3.05) is 35.0 Å². The number of nitrogens with zero attached hydrogens (tertiary/aromatic N) is 1. The van der Waals surface area contributed by atoms with Crippen LogP contribution < -0.4 is 18.9 Å². The van der Waals surface area contributed by atoms with Crippen LogP contribution in [0.3, 0.4) is 0 Å². The molecule has 6 nitrogen and oxygen atoms in total. The smallest absolute Gasteiger partial charge is 0.255 e. The number of ether oxygens (including phenoxy) is 4. The van der Waals surface area contributed by atoms with E-state index in [0.717, 1.165) is 23.1 Å². The summed E-state index contributed by atoms with van der Waals surface area (Å²) in [5.41, 5.74) is 4.17. The van der Waals surface area contributed by atoms with Gasteiger partial charge in [0.1, 0.15) is 0 Å². The molecule has 3 aromatic rings. The molecule has 0 atom stereocenters. The maximum atomic E-state index is 13.7. The van der Waals surface area contributed by atoms with Gasteiger partial charge in [0.05, 0.1) is 34.0 Å². The quantitative estimate of drug-likeness (QED) is 0.546. The average Bonchev–Trinajstić information content (AvgIpc) is 2.84. The maximum Gasteiger partial charge on any atom is 0.255 e. The number of hydrogen-bond donors (Lipinski definition) is 0. The van der Waals surface area contributed by atoms with Gasteiger partial charge in [0.2, 0.25) is 0 Å². The fraction of sp³-hybridized carbons (Fsp3) is 0.269. The zero-order chi connectivity index (χ0) is 22.7. The Balaban J connectivity index is 1.87. The molecule has 1 aliphatic rings. The summed E-state index contributed by atoms with van der Waals surface area (Å²) in [6, 6.07) is 17.5. The topological polar surface area (TPSA) is 57.2 Å². The summed E-state index contributed by atoms with van der Waals surface area (Å²) in [7, 11) is 6.38. The van der Waals surface area contributed by atoms with Crippen molar-refractivity contribution in [1.29, 1.82) is 0 Å². The van der Waals surface area contributed by atoms with Gasteiger partial charge >= 0.3 is 0 Å². The third-order valence-electron chi connectivity index (χ3n) is 5.79. The van der Waals surface area contributed by atoms with Gasteiger partial charge in [0, 0.05) is 18.7 Å². The van der Waals surface area contributed by atoms with Gasteiger partial charge in [-0.3, -0.25) is 4.79 Å². The van der Waals surface area contributed by atoms with Gasteiger partial charge in [0.15, 0.2) is 23.0 Å². The Morgan fingerprint density at radius 3 is 2.16 bits per heavy atom. The van der Waals surface area contributed by atoms with Crippen LogP contribution in [0, 0.1) is 0 Å². The molecule has 0 aliphatic carbocycles. The molecular formula is C26H27NO5. The van der Waals surface area contributed by atoms with Crippen LogP contribution in [0.5, 0.6) is 23.0 Å². The Morgan fingerprint density at radius 1 is 0.781 bits per heavy atom. The van der Waals surface area contributed by atoms with Crippen LogP contribution in [0.1, 0.15) is 21.5 Å². The minimum Gasteiger partial charge on any atom is -0.493 e. The third kappa shape index (κ3) is 3.84. The predicted molar refractivity (Wildman–Crippen MR) is 123 cm³/mol. The summed E-state index contributed by atoms with van der Waals surface area (Å²) in [5.74, 6) is 2.28. The standard InChI is InChI=1S/C26H27NO5/c1-29-20-11-10-18(14-21(20)30-2)23-24-19(15-22(31-3)25(23)32-4)12-13-27(26(24)28)16-17-8-6-5-7-9-17/h5-11,14-15H,12-13,16H2,1-4H3. The van der Waals surface area contributed by atoms with E-state index in [-0.39, 0.29) is 5.91 Å². The highest BCUT2D eigenvalue weighted by atomic mass is 16.5. The predicted octanol–water partition coefficient (Wildman–Crippen LogP) is 4.59. The van der Waals surface area contributed by atoms with E-state index in [1.807, 2.05) is 59.5 Å². The van der Waals surface area contributed by atoms with E-state index in [1.165, 1.54) is 0 Å². The molecule has 0 spiro atoms. The Labute approximate surface area is 188 Å². The fourth-order valence-corrected chi connectivity index (χ4v) is 4.23. The summed E-state index contributed by atoms with van der Waals surface area (Å²) in [6.45, 7) is 1.19. The highest BCUT2D eigenvalue weighted by Gasteiger charge is 2.32. The molecule has 1 aliphatic heterocycles. The number of rotatable bonds is 7. The summed E-state index contributed by atoms with van der Waals surface area (Å²) in [6.07, 6.45) is 0.731. The van der Waals surface area contributed by atoms with Gasteiger partial charge in [0.25, 0.3) is 5.91 Å². The minimum atomic E-state index is -0.0270. The van der Waals surface area contributed by atoms with Crippen molar-refractivity contribution in [3.63, 3.8) is 0 Å². The van der Waals surface area contributed by atoms with Crippen LogP contribution in [0.4, 0.5) is 0 Å². The lowest BCUT2D eigenvalue weighted by molar-refractivity contribution is 0.0727. The van der Waals surface area contributed by atoms with E-state index in [0.29, 0.717) is 47.2 Å². The molecular weight excluding hydrogens is 406 g/mol.